The Balaban J connectivity index is 1.73. The van der Waals surface area contributed by atoms with E-state index in [1.165, 1.54) is 0 Å². The first-order valence-electron chi connectivity index (χ1n) is 8.67. The summed E-state index contributed by atoms with van der Waals surface area (Å²) >= 11 is 5.94. The van der Waals surface area contributed by atoms with Crippen molar-refractivity contribution in [1.29, 1.82) is 0 Å². The van der Waals surface area contributed by atoms with Crippen molar-refractivity contribution in [3.05, 3.63) is 59.6 Å². The second-order valence-corrected chi connectivity index (χ2v) is 6.80. The van der Waals surface area contributed by atoms with Crippen LogP contribution < -0.4 is 0 Å². The Morgan fingerprint density at radius 3 is 2.67 bits per heavy atom. The lowest BCUT2D eigenvalue weighted by Gasteiger charge is -2.27. The first-order valence-corrected chi connectivity index (χ1v) is 9.05. The van der Waals surface area contributed by atoms with E-state index in [4.69, 9.17) is 11.6 Å². The van der Waals surface area contributed by atoms with Gasteiger partial charge in [0.15, 0.2) is 5.69 Å². The number of rotatable bonds is 3. The van der Waals surface area contributed by atoms with E-state index in [-0.39, 0.29) is 5.91 Å². The van der Waals surface area contributed by atoms with Crippen LogP contribution in [0.2, 0.25) is 5.02 Å². The van der Waals surface area contributed by atoms with Gasteiger partial charge < -0.3 is 4.90 Å². The Bertz CT molecular complexity index is 936. The normalized spacial score (nSPS) is 15.1. The van der Waals surface area contributed by atoms with Crippen LogP contribution in [-0.2, 0) is 0 Å². The van der Waals surface area contributed by atoms with Crippen molar-refractivity contribution in [2.45, 2.75) is 19.0 Å². The molecule has 0 atom stereocenters. The summed E-state index contributed by atoms with van der Waals surface area (Å²) in [5.74, 6) is -0.209. The number of amides is 1. The van der Waals surface area contributed by atoms with Gasteiger partial charge in [-0.25, -0.2) is 9.07 Å². The van der Waals surface area contributed by atoms with Crippen LogP contribution in [-0.4, -0.2) is 49.8 Å². The second-order valence-electron chi connectivity index (χ2n) is 6.37. The van der Waals surface area contributed by atoms with E-state index in [1.807, 2.05) is 6.07 Å². The van der Waals surface area contributed by atoms with Gasteiger partial charge in [0.1, 0.15) is 6.17 Å². The van der Waals surface area contributed by atoms with Crippen LogP contribution in [0.5, 0.6) is 0 Å². The third-order valence-electron chi connectivity index (χ3n) is 4.52. The summed E-state index contributed by atoms with van der Waals surface area (Å²) in [6.07, 6.45) is 4.76. The van der Waals surface area contributed by atoms with E-state index in [0.717, 1.165) is 0 Å². The number of hydrogen-bond donors (Lipinski definition) is 0. The van der Waals surface area contributed by atoms with Crippen LogP contribution in [0, 0.1) is 0 Å². The molecule has 8 heteroatoms. The van der Waals surface area contributed by atoms with Crippen molar-refractivity contribution in [3.8, 4) is 17.1 Å². The van der Waals surface area contributed by atoms with E-state index in [1.54, 1.807) is 52.4 Å². The van der Waals surface area contributed by atoms with Gasteiger partial charge in [0.25, 0.3) is 5.91 Å². The van der Waals surface area contributed by atoms with Crippen molar-refractivity contribution >= 4 is 17.5 Å². The van der Waals surface area contributed by atoms with Crippen molar-refractivity contribution in [3.63, 3.8) is 0 Å². The SMILES string of the molecule is O=C(c1cc(-c2ccc(Cl)cn2)n(-c2cccnc2)n1)N1CCC(F)CC1. The Labute approximate surface area is 160 Å². The van der Waals surface area contributed by atoms with Gasteiger partial charge in [0, 0.05) is 25.5 Å². The molecule has 3 aromatic rings. The summed E-state index contributed by atoms with van der Waals surface area (Å²) < 4.78 is 15.0. The fourth-order valence-corrected chi connectivity index (χ4v) is 3.20. The molecular formula is C19H17ClFN5O. The molecule has 1 amide bonds. The minimum atomic E-state index is -0.837. The summed E-state index contributed by atoms with van der Waals surface area (Å²) in [5, 5.41) is 5.02. The zero-order chi connectivity index (χ0) is 18.8. The molecular weight excluding hydrogens is 369 g/mol. The summed E-state index contributed by atoms with van der Waals surface area (Å²) in [5.41, 5.74) is 2.30. The lowest BCUT2D eigenvalue weighted by molar-refractivity contribution is 0.0660. The number of likely N-dealkylation sites (tertiary alicyclic amines) is 1. The second kappa shape index (κ2) is 7.44. The van der Waals surface area contributed by atoms with E-state index in [0.29, 0.717) is 53.7 Å². The summed E-state index contributed by atoms with van der Waals surface area (Å²) in [6, 6.07) is 8.85. The monoisotopic (exact) mass is 385 g/mol. The van der Waals surface area contributed by atoms with Crippen LogP contribution in [0.3, 0.4) is 0 Å². The number of nitrogens with zero attached hydrogens (tertiary/aromatic N) is 5. The minimum Gasteiger partial charge on any atom is -0.337 e. The zero-order valence-electron chi connectivity index (χ0n) is 14.4. The van der Waals surface area contributed by atoms with Gasteiger partial charge in [-0.1, -0.05) is 11.6 Å². The number of carbonyl (C=O) groups is 1. The molecule has 1 aliphatic heterocycles. The van der Waals surface area contributed by atoms with E-state index in [9.17, 15) is 9.18 Å². The maximum absolute atomic E-state index is 13.4. The number of carbonyl (C=O) groups excluding carboxylic acids is 1. The highest BCUT2D eigenvalue weighted by atomic mass is 35.5. The van der Waals surface area contributed by atoms with Crippen molar-refractivity contribution < 1.29 is 9.18 Å². The predicted molar refractivity (Wildman–Crippen MR) is 99.6 cm³/mol. The Hall–Kier alpha value is -2.80. The molecule has 0 aromatic carbocycles. The Morgan fingerprint density at radius 1 is 1.19 bits per heavy atom. The molecule has 0 bridgehead atoms. The molecule has 0 aliphatic carbocycles. The average Bonchev–Trinajstić information content (AvgIpc) is 3.15. The van der Waals surface area contributed by atoms with Crippen molar-refractivity contribution in [2.24, 2.45) is 0 Å². The number of hydrogen-bond acceptors (Lipinski definition) is 4. The average molecular weight is 386 g/mol. The maximum Gasteiger partial charge on any atom is 0.274 e. The first-order chi connectivity index (χ1) is 13.1. The van der Waals surface area contributed by atoms with Gasteiger partial charge in [0.2, 0.25) is 0 Å². The van der Waals surface area contributed by atoms with Crippen LogP contribution in [0.15, 0.2) is 48.9 Å². The van der Waals surface area contributed by atoms with Crippen LogP contribution >= 0.6 is 11.6 Å². The number of aromatic nitrogens is 4. The fraction of sp³-hybridized carbons (Fsp3) is 0.263. The number of halogens is 2. The molecule has 0 radical (unpaired) electrons. The molecule has 0 spiro atoms. The smallest absolute Gasteiger partial charge is 0.274 e. The van der Waals surface area contributed by atoms with Gasteiger partial charge >= 0.3 is 0 Å². The molecule has 1 aliphatic rings. The van der Waals surface area contributed by atoms with Crippen LogP contribution in [0.1, 0.15) is 23.3 Å². The summed E-state index contributed by atoms with van der Waals surface area (Å²) in [7, 11) is 0. The third-order valence-corrected chi connectivity index (χ3v) is 4.74. The van der Waals surface area contributed by atoms with E-state index in [2.05, 4.69) is 15.1 Å². The highest BCUT2D eigenvalue weighted by molar-refractivity contribution is 6.30. The highest BCUT2D eigenvalue weighted by Gasteiger charge is 2.26. The molecule has 0 N–H and O–H groups in total. The maximum atomic E-state index is 13.4. The Morgan fingerprint density at radius 2 is 2.00 bits per heavy atom. The molecule has 27 heavy (non-hydrogen) atoms. The standard InChI is InChI=1S/C19H17ClFN5O/c20-13-3-4-16(23-11-13)18-10-17(19(27)25-8-5-14(21)6-9-25)24-26(18)15-2-1-7-22-12-15/h1-4,7,10-12,14H,5-6,8-9H2. The first kappa shape index (κ1) is 17.6. The van der Waals surface area contributed by atoms with Crippen LogP contribution in [0.25, 0.3) is 17.1 Å². The molecule has 4 heterocycles. The summed E-state index contributed by atoms with van der Waals surface area (Å²) in [4.78, 5) is 23.0. The number of pyridine rings is 2. The van der Waals surface area contributed by atoms with Gasteiger partial charge in [-0.2, -0.15) is 5.10 Å². The van der Waals surface area contributed by atoms with Gasteiger partial charge in [-0.15, -0.1) is 0 Å². The van der Waals surface area contributed by atoms with Crippen LogP contribution in [0.4, 0.5) is 4.39 Å². The molecule has 1 saturated heterocycles. The fourth-order valence-electron chi connectivity index (χ4n) is 3.08. The topological polar surface area (TPSA) is 63.9 Å². The molecule has 0 saturated carbocycles. The molecule has 0 unspecified atom stereocenters. The highest BCUT2D eigenvalue weighted by Crippen LogP contribution is 2.24. The molecule has 3 aromatic heterocycles. The third kappa shape index (κ3) is 3.68. The van der Waals surface area contributed by atoms with Gasteiger partial charge in [0.05, 0.1) is 28.3 Å². The quantitative estimate of drug-likeness (QED) is 0.691. The minimum absolute atomic E-state index is 0.209. The molecule has 1 fully saturated rings. The largest absolute Gasteiger partial charge is 0.337 e. The van der Waals surface area contributed by atoms with Crippen molar-refractivity contribution in [2.75, 3.05) is 13.1 Å². The van der Waals surface area contributed by atoms with E-state index < -0.39 is 6.17 Å². The number of alkyl halides is 1. The zero-order valence-corrected chi connectivity index (χ0v) is 15.2. The molecule has 4 rings (SSSR count). The van der Waals surface area contributed by atoms with E-state index >= 15 is 0 Å². The molecule has 6 nitrogen and oxygen atoms in total. The lowest BCUT2D eigenvalue weighted by atomic mass is 10.1. The predicted octanol–water partition coefficient (Wildman–Crippen LogP) is 3.56. The van der Waals surface area contributed by atoms with Gasteiger partial charge in [-0.3, -0.25) is 14.8 Å². The molecule has 138 valence electrons. The van der Waals surface area contributed by atoms with Crippen molar-refractivity contribution in [1.82, 2.24) is 24.6 Å². The number of piperidine rings is 1. The summed E-state index contributed by atoms with van der Waals surface area (Å²) in [6.45, 7) is 0.794. The lowest BCUT2D eigenvalue weighted by Crippen LogP contribution is -2.39. The van der Waals surface area contributed by atoms with Gasteiger partial charge in [-0.05, 0) is 43.2 Å². The Kier molecular flexibility index (Phi) is 4.85.